The first-order valence-corrected chi connectivity index (χ1v) is 7.48. The predicted molar refractivity (Wildman–Crippen MR) is 83.9 cm³/mol. The molecule has 130 valence electrons. The van der Waals surface area contributed by atoms with Crippen LogP contribution < -0.4 is 20.1 Å². The molecular weight excluding hydrogens is 316 g/mol. The number of nitrogens with one attached hydrogen (secondary N) is 2. The van der Waals surface area contributed by atoms with Crippen molar-refractivity contribution in [1.29, 1.82) is 0 Å². The first kappa shape index (κ1) is 17.6. The van der Waals surface area contributed by atoms with Gasteiger partial charge in [-0.1, -0.05) is 6.07 Å². The first-order chi connectivity index (χ1) is 11.5. The van der Waals surface area contributed by atoms with Crippen LogP contribution in [-0.4, -0.2) is 44.8 Å². The Morgan fingerprint density at radius 2 is 1.83 bits per heavy atom. The van der Waals surface area contributed by atoms with Gasteiger partial charge in [0.25, 0.3) is 5.91 Å². The van der Waals surface area contributed by atoms with Crippen LogP contribution in [0.3, 0.4) is 0 Å². The second kappa shape index (κ2) is 8.19. The topological polar surface area (TPSA) is 103 Å². The van der Waals surface area contributed by atoms with Crippen LogP contribution >= 0.6 is 0 Å². The van der Waals surface area contributed by atoms with Gasteiger partial charge in [-0.05, 0) is 30.5 Å². The molecule has 1 aromatic rings. The molecule has 1 aromatic carbocycles. The number of methoxy groups -OCH3 is 2. The molecule has 1 fully saturated rings. The van der Waals surface area contributed by atoms with Crippen LogP contribution in [0, 0.1) is 0 Å². The molecular formula is C16H20N2O6. The summed E-state index contributed by atoms with van der Waals surface area (Å²) in [5.74, 6) is -0.207. The Morgan fingerprint density at radius 3 is 2.46 bits per heavy atom. The third-order valence-electron chi connectivity index (χ3n) is 3.33. The molecule has 24 heavy (non-hydrogen) atoms. The summed E-state index contributed by atoms with van der Waals surface area (Å²) in [6.07, 6.45) is 1.81. The largest absolute Gasteiger partial charge is 0.493 e. The monoisotopic (exact) mass is 336 g/mol. The maximum atomic E-state index is 11.8. The van der Waals surface area contributed by atoms with Crippen molar-refractivity contribution in [2.45, 2.75) is 25.3 Å². The summed E-state index contributed by atoms with van der Waals surface area (Å²) in [7, 11) is 3.01. The molecule has 2 N–H and O–H groups in total. The lowest BCUT2D eigenvalue weighted by Crippen LogP contribution is -2.42. The van der Waals surface area contributed by atoms with Crippen LogP contribution in [-0.2, 0) is 20.7 Å². The molecule has 0 heterocycles. The number of carbonyl (C=O) groups is 3. The van der Waals surface area contributed by atoms with Gasteiger partial charge in [-0.2, -0.15) is 0 Å². The molecule has 0 radical (unpaired) electrons. The second-order valence-electron chi connectivity index (χ2n) is 5.32. The van der Waals surface area contributed by atoms with Crippen molar-refractivity contribution in [2.24, 2.45) is 0 Å². The van der Waals surface area contributed by atoms with Crippen molar-refractivity contribution in [3.05, 3.63) is 23.8 Å². The fraction of sp³-hybridized carbons (Fsp3) is 0.438. The number of rotatable bonds is 7. The summed E-state index contributed by atoms with van der Waals surface area (Å²) in [6, 6.07) is 4.61. The molecule has 0 aliphatic heterocycles. The van der Waals surface area contributed by atoms with Gasteiger partial charge in [0.1, 0.15) is 0 Å². The van der Waals surface area contributed by atoms with Crippen molar-refractivity contribution < 1.29 is 28.6 Å². The fourth-order valence-corrected chi connectivity index (χ4v) is 1.97. The van der Waals surface area contributed by atoms with E-state index in [2.05, 4.69) is 10.6 Å². The smallest absolute Gasteiger partial charge is 0.321 e. The zero-order valence-corrected chi connectivity index (χ0v) is 13.6. The molecule has 0 spiro atoms. The molecule has 8 nitrogen and oxygen atoms in total. The Kier molecular flexibility index (Phi) is 6.00. The SMILES string of the molecule is COc1ccc(CC(=O)OCC(=O)NC(=O)NC2CC2)cc1OC. The third kappa shape index (κ3) is 5.45. The van der Waals surface area contributed by atoms with E-state index in [1.54, 1.807) is 18.2 Å². The van der Waals surface area contributed by atoms with Crippen molar-refractivity contribution in [3.8, 4) is 11.5 Å². The number of ether oxygens (including phenoxy) is 3. The maximum Gasteiger partial charge on any atom is 0.321 e. The van der Waals surface area contributed by atoms with E-state index in [1.807, 2.05) is 0 Å². The number of esters is 1. The zero-order chi connectivity index (χ0) is 17.5. The average Bonchev–Trinajstić information content (AvgIpc) is 3.36. The first-order valence-electron chi connectivity index (χ1n) is 7.48. The van der Waals surface area contributed by atoms with Crippen molar-refractivity contribution >= 4 is 17.9 Å². The highest BCUT2D eigenvalue weighted by Crippen LogP contribution is 2.27. The molecule has 3 amide bonds. The number of hydrogen-bond donors (Lipinski definition) is 2. The van der Waals surface area contributed by atoms with Gasteiger partial charge in [-0.25, -0.2) is 4.79 Å². The average molecular weight is 336 g/mol. The molecule has 0 aromatic heterocycles. The second-order valence-corrected chi connectivity index (χ2v) is 5.32. The molecule has 0 saturated heterocycles. The van der Waals surface area contributed by atoms with Gasteiger partial charge < -0.3 is 19.5 Å². The molecule has 0 unspecified atom stereocenters. The van der Waals surface area contributed by atoms with Crippen LogP contribution in [0.1, 0.15) is 18.4 Å². The van der Waals surface area contributed by atoms with Crippen LogP contribution in [0.15, 0.2) is 18.2 Å². The Bertz CT molecular complexity index is 627. The van der Waals surface area contributed by atoms with E-state index >= 15 is 0 Å². The number of urea groups is 1. The van der Waals surface area contributed by atoms with E-state index in [-0.39, 0.29) is 12.5 Å². The molecule has 2 rings (SSSR count). The molecule has 1 aliphatic rings. The van der Waals surface area contributed by atoms with Crippen molar-refractivity contribution in [2.75, 3.05) is 20.8 Å². The van der Waals surface area contributed by atoms with Crippen molar-refractivity contribution in [3.63, 3.8) is 0 Å². The summed E-state index contributed by atoms with van der Waals surface area (Å²) >= 11 is 0. The molecule has 8 heteroatoms. The Hall–Kier alpha value is -2.77. The number of benzene rings is 1. The van der Waals surface area contributed by atoms with Crippen LogP contribution in [0.4, 0.5) is 4.79 Å². The Morgan fingerprint density at radius 1 is 1.12 bits per heavy atom. The van der Waals surface area contributed by atoms with Gasteiger partial charge in [-0.3, -0.25) is 14.9 Å². The number of imide groups is 1. The fourth-order valence-electron chi connectivity index (χ4n) is 1.97. The summed E-state index contributed by atoms with van der Waals surface area (Å²) < 4.78 is 15.1. The molecule has 1 aliphatic carbocycles. The van der Waals surface area contributed by atoms with Crippen LogP contribution in [0.2, 0.25) is 0 Å². The molecule has 0 atom stereocenters. The minimum atomic E-state index is -0.672. The quantitative estimate of drug-likeness (QED) is 0.713. The Labute approximate surface area is 139 Å². The van der Waals surface area contributed by atoms with E-state index in [9.17, 15) is 14.4 Å². The summed E-state index contributed by atoms with van der Waals surface area (Å²) in [4.78, 5) is 34.6. The summed E-state index contributed by atoms with van der Waals surface area (Å²) in [5, 5.41) is 4.70. The lowest BCUT2D eigenvalue weighted by atomic mass is 10.1. The normalized spacial score (nSPS) is 12.9. The van der Waals surface area contributed by atoms with E-state index in [0.717, 1.165) is 12.8 Å². The predicted octanol–water partition coefficient (Wildman–Crippen LogP) is 0.778. The van der Waals surface area contributed by atoms with Crippen molar-refractivity contribution in [1.82, 2.24) is 10.6 Å². The molecule has 1 saturated carbocycles. The number of carbonyl (C=O) groups excluding carboxylic acids is 3. The van der Waals surface area contributed by atoms with Crippen LogP contribution in [0.5, 0.6) is 11.5 Å². The Balaban J connectivity index is 1.76. The van der Waals surface area contributed by atoms with Gasteiger partial charge in [0, 0.05) is 6.04 Å². The zero-order valence-electron chi connectivity index (χ0n) is 13.6. The lowest BCUT2D eigenvalue weighted by Gasteiger charge is -2.10. The van der Waals surface area contributed by atoms with E-state index in [0.29, 0.717) is 17.1 Å². The highest BCUT2D eigenvalue weighted by Gasteiger charge is 2.24. The standard InChI is InChI=1S/C16H20N2O6/c1-22-12-6-3-10(7-13(12)23-2)8-15(20)24-9-14(19)18-16(21)17-11-4-5-11/h3,6-7,11H,4-5,8-9H2,1-2H3,(H2,17,18,19,21). The van der Waals surface area contributed by atoms with Crippen LogP contribution in [0.25, 0.3) is 0 Å². The number of amides is 3. The number of hydrogen-bond acceptors (Lipinski definition) is 6. The van der Waals surface area contributed by atoms with E-state index in [1.165, 1.54) is 14.2 Å². The van der Waals surface area contributed by atoms with E-state index in [4.69, 9.17) is 14.2 Å². The van der Waals surface area contributed by atoms with Gasteiger partial charge in [0.2, 0.25) is 0 Å². The minimum absolute atomic E-state index is 0.0259. The summed E-state index contributed by atoms with van der Waals surface area (Å²) in [5.41, 5.74) is 0.657. The maximum absolute atomic E-state index is 11.8. The van der Waals surface area contributed by atoms with Gasteiger partial charge in [0.15, 0.2) is 18.1 Å². The van der Waals surface area contributed by atoms with E-state index < -0.39 is 24.5 Å². The molecule has 0 bridgehead atoms. The van der Waals surface area contributed by atoms with Gasteiger partial charge >= 0.3 is 12.0 Å². The van der Waals surface area contributed by atoms with Gasteiger partial charge in [0.05, 0.1) is 20.6 Å². The third-order valence-corrected chi connectivity index (χ3v) is 3.33. The highest BCUT2D eigenvalue weighted by molar-refractivity contribution is 5.95. The summed E-state index contributed by atoms with van der Waals surface area (Å²) in [6.45, 7) is -0.510. The lowest BCUT2D eigenvalue weighted by molar-refractivity contribution is -0.147. The van der Waals surface area contributed by atoms with Gasteiger partial charge in [-0.15, -0.1) is 0 Å². The minimum Gasteiger partial charge on any atom is -0.493 e. The highest BCUT2D eigenvalue weighted by atomic mass is 16.5.